The van der Waals surface area contributed by atoms with Crippen molar-refractivity contribution in [1.29, 1.82) is 5.26 Å². The lowest BCUT2D eigenvalue weighted by molar-refractivity contribution is -0.00461. The Morgan fingerprint density at radius 3 is 2.47 bits per heavy atom. The normalized spacial score (nSPS) is 23.9. The molecular formula is C10H14N4O2S. The molecule has 2 rings (SSSR count). The molecule has 1 aromatic rings. The highest BCUT2D eigenvalue weighted by atomic mass is 32.1. The Kier molecular flexibility index (Phi) is 3.47. The second-order valence-electron chi connectivity index (χ2n) is 3.81. The molecule has 1 fully saturated rings. The van der Waals surface area contributed by atoms with Crippen molar-refractivity contribution >= 4 is 22.4 Å². The van der Waals surface area contributed by atoms with Crippen molar-refractivity contribution < 1.29 is 9.47 Å². The summed E-state index contributed by atoms with van der Waals surface area (Å²) in [6.45, 7) is 1.37. The summed E-state index contributed by atoms with van der Waals surface area (Å²) in [7, 11) is 3.32. The summed E-state index contributed by atoms with van der Waals surface area (Å²) in [5, 5.41) is 9.84. The summed E-state index contributed by atoms with van der Waals surface area (Å²) < 4.78 is 14.7. The lowest BCUT2D eigenvalue weighted by Gasteiger charge is -2.14. The molecule has 0 aliphatic carbocycles. The third-order valence-electron chi connectivity index (χ3n) is 2.92. The van der Waals surface area contributed by atoms with E-state index in [4.69, 9.17) is 20.5 Å². The Hall–Kier alpha value is -1.36. The fourth-order valence-corrected chi connectivity index (χ4v) is 2.76. The smallest absolute Gasteiger partial charge is 0.157 e. The Labute approximate surface area is 104 Å². The van der Waals surface area contributed by atoms with E-state index >= 15 is 0 Å². The summed E-state index contributed by atoms with van der Waals surface area (Å²) in [4.78, 5) is 2.04. The molecule has 0 radical (unpaired) electrons. The molecule has 0 aromatic carbocycles. The zero-order valence-electron chi connectivity index (χ0n) is 9.71. The van der Waals surface area contributed by atoms with Crippen molar-refractivity contribution in [2.24, 2.45) is 0 Å². The minimum atomic E-state index is 0.00914. The summed E-state index contributed by atoms with van der Waals surface area (Å²) >= 11 is 1.24. The van der Waals surface area contributed by atoms with E-state index in [0.29, 0.717) is 24.5 Å². The highest BCUT2D eigenvalue weighted by Gasteiger charge is 2.35. The van der Waals surface area contributed by atoms with Crippen LogP contribution in [0.15, 0.2) is 0 Å². The van der Waals surface area contributed by atoms with Crippen LogP contribution in [0.1, 0.15) is 5.56 Å². The molecule has 0 bridgehead atoms. The van der Waals surface area contributed by atoms with Gasteiger partial charge in [0, 0.05) is 27.3 Å². The fourth-order valence-electron chi connectivity index (χ4n) is 1.98. The minimum absolute atomic E-state index is 0.00914. The zero-order chi connectivity index (χ0) is 12.4. The van der Waals surface area contributed by atoms with Crippen molar-refractivity contribution in [2.45, 2.75) is 12.2 Å². The number of nitriles is 1. The molecule has 2 unspecified atom stereocenters. The van der Waals surface area contributed by atoms with Gasteiger partial charge in [-0.05, 0) is 11.5 Å². The van der Waals surface area contributed by atoms with E-state index in [0.717, 1.165) is 5.00 Å². The van der Waals surface area contributed by atoms with E-state index in [-0.39, 0.29) is 12.2 Å². The number of aromatic nitrogens is 1. The average Bonchev–Trinajstić information content (AvgIpc) is 2.91. The Morgan fingerprint density at radius 2 is 2.00 bits per heavy atom. The summed E-state index contributed by atoms with van der Waals surface area (Å²) in [6, 6.07) is 2.09. The van der Waals surface area contributed by atoms with Crippen LogP contribution in [0, 0.1) is 11.3 Å². The van der Waals surface area contributed by atoms with Gasteiger partial charge in [0.15, 0.2) is 5.82 Å². The zero-order valence-corrected chi connectivity index (χ0v) is 10.5. The summed E-state index contributed by atoms with van der Waals surface area (Å²) in [6.07, 6.45) is 0.0183. The Balaban J connectivity index is 2.22. The van der Waals surface area contributed by atoms with Crippen LogP contribution in [0.2, 0.25) is 0 Å². The number of methoxy groups -OCH3 is 2. The molecule has 1 aliphatic rings. The second-order valence-corrected chi connectivity index (χ2v) is 4.56. The van der Waals surface area contributed by atoms with Crippen LogP contribution in [0.3, 0.4) is 0 Å². The molecule has 1 aliphatic heterocycles. The molecular weight excluding hydrogens is 240 g/mol. The summed E-state index contributed by atoms with van der Waals surface area (Å²) in [5.41, 5.74) is 6.09. The van der Waals surface area contributed by atoms with Crippen LogP contribution < -0.4 is 10.6 Å². The van der Waals surface area contributed by atoms with E-state index in [1.165, 1.54) is 11.5 Å². The predicted molar refractivity (Wildman–Crippen MR) is 65.0 cm³/mol. The quantitative estimate of drug-likeness (QED) is 0.843. The van der Waals surface area contributed by atoms with Gasteiger partial charge in [0.25, 0.3) is 0 Å². The van der Waals surface area contributed by atoms with Crippen LogP contribution in [0.4, 0.5) is 10.8 Å². The van der Waals surface area contributed by atoms with Crippen molar-refractivity contribution in [3.05, 3.63) is 5.56 Å². The monoisotopic (exact) mass is 254 g/mol. The van der Waals surface area contributed by atoms with Gasteiger partial charge in [0.05, 0.1) is 0 Å². The maximum atomic E-state index is 9.04. The largest absolute Gasteiger partial charge is 0.382 e. The van der Waals surface area contributed by atoms with E-state index < -0.39 is 0 Å². The van der Waals surface area contributed by atoms with E-state index in [1.807, 2.05) is 4.90 Å². The third-order valence-corrected chi connectivity index (χ3v) is 3.84. The molecule has 1 aromatic heterocycles. The van der Waals surface area contributed by atoms with Gasteiger partial charge < -0.3 is 20.1 Å². The maximum absolute atomic E-state index is 9.04. The van der Waals surface area contributed by atoms with Gasteiger partial charge >= 0.3 is 0 Å². The predicted octanol–water partition coefficient (Wildman–Crippen LogP) is 0.447. The van der Waals surface area contributed by atoms with Gasteiger partial charge in [-0.15, -0.1) is 0 Å². The number of ether oxygens (including phenoxy) is 2. The number of nitrogens with two attached hydrogens (primary N) is 1. The van der Waals surface area contributed by atoms with Gasteiger partial charge in [-0.25, -0.2) is 0 Å². The first-order chi connectivity index (χ1) is 8.21. The molecule has 0 amide bonds. The molecule has 6 nitrogen and oxygen atoms in total. The number of nitrogens with zero attached hydrogens (tertiary/aromatic N) is 3. The first-order valence-corrected chi connectivity index (χ1v) is 5.94. The van der Waals surface area contributed by atoms with Crippen molar-refractivity contribution in [3.8, 4) is 6.07 Å². The van der Waals surface area contributed by atoms with Crippen LogP contribution in [-0.4, -0.2) is 43.9 Å². The van der Waals surface area contributed by atoms with Crippen molar-refractivity contribution in [1.82, 2.24) is 4.37 Å². The first kappa shape index (κ1) is 12.1. The third kappa shape index (κ3) is 2.07. The minimum Gasteiger partial charge on any atom is -0.382 e. The Bertz CT molecular complexity index is 430. The molecule has 0 saturated carbocycles. The van der Waals surface area contributed by atoms with Crippen LogP contribution in [0.25, 0.3) is 0 Å². The highest BCUT2D eigenvalue weighted by molar-refractivity contribution is 7.10. The molecule has 2 atom stereocenters. The lowest BCUT2D eigenvalue weighted by Crippen LogP contribution is -2.27. The molecule has 2 heterocycles. The molecule has 1 saturated heterocycles. The van der Waals surface area contributed by atoms with Gasteiger partial charge in [0.1, 0.15) is 28.8 Å². The first-order valence-electron chi connectivity index (χ1n) is 5.17. The van der Waals surface area contributed by atoms with Gasteiger partial charge in [-0.1, -0.05) is 0 Å². The molecule has 17 heavy (non-hydrogen) atoms. The molecule has 0 spiro atoms. The average molecular weight is 254 g/mol. The van der Waals surface area contributed by atoms with Crippen LogP contribution >= 0.6 is 11.5 Å². The van der Waals surface area contributed by atoms with Gasteiger partial charge in [0.2, 0.25) is 0 Å². The van der Waals surface area contributed by atoms with E-state index in [9.17, 15) is 0 Å². The van der Waals surface area contributed by atoms with Gasteiger partial charge in [-0.3, -0.25) is 0 Å². The fraction of sp³-hybridized carbons (Fsp3) is 0.600. The molecule has 2 N–H and O–H groups in total. The summed E-state index contributed by atoms with van der Waals surface area (Å²) in [5.74, 6) is 0.294. The second kappa shape index (κ2) is 4.87. The number of hydrogen-bond donors (Lipinski definition) is 1. The van der Waals surface area contributed by atoms with Crippen LogP contribution in [-0.2, 0) is 9.47 Å². The number of hydrogen-bond acceptors (Lipinski definition) is 7. The number of rotatable bonds is 3. The van der Waals surface area contributed by atoms with E-state index in [2.05, 4.69) is 10.4 Å². The maximum Gasteiger partial charge on any atom is 0.157 e. The van der Waals surface area contributed by atoms with Gasteiger partial charge in [-0.2, -0.15) is 9.64 Å². The SMILES string of the molecule is COC1CN(c2snc(N)c2C#N)CC1OC. The lowest BCUT2D eigenvalue weighted by atomic mass is 10.3. The van der Waals surface area contributed by atoms with Crippen molar-refractivity contribution in [3.63, 3.8) is 0 Å². The highest BCUT2D eigenvalue weighted by Crippen LogP contribution is 2.33. The molecule has 7 heteroatoms. The standard InChI is InChI=1S/C10H14N4O2S/c1-15-7-4-14(5-8(7)16-2)10-6(3-11)9(12)13-17-10/h7-8H,4-5H2,1-2H3,(H2,12,13). The van der Waals surface area contributed by atoms with Crippen molar-refractivity contribution in [2.75, 3.05) is 37.9 Å². The van der Waals surface area contributed by atoms with E-state index in [1.54, 1.807) is 14.2 Å². The Morgan fingerprint density at radius 1 is 1.41 bits per heavy atom. The molecule has 92 valence electrons. The number of anilines is 2. The number of nitrogen functional groups attached to an aromatic ring is 1. The topological polar surface area (TPSA) is 84.4 Å². The van der Waals surface area contributed by atoms with Crippen LogP contribution in [0.5, 0.6) is 0 Å².